The first-order valence-electron chi connectivity index (χ1n) is 7.91. The van der Waals surface area contributed by atoms with Crippen molar-refractivity contribution in [2.45, 2.75) is 51.7 Å². The summed E-state index contributed by atoms with van der Waals surface area (Å²) in [5.41, 5.74) is -1.05. The summed E-state index contributed by atoms with van der Waals surface area (Å²) in [6, 6.07) is 1.24. The van der Waals surface area contributed by atoms with Gasteiger partial charge in [0.1, 0.15) is 18.4 Å². The van der Waals surface area contributed by atoms with Gasteiger partial charge in [-0.2, -0.15) is 0 Å². The van der Waals surface area contributed by atoms with Crippen LogP contribution in [0, 0.1) is 5.92 Å². The van der Waals surface area contributed by atoms with E-state index in [9.17, 15) is 14.2 Å². The van der Waals surface area contributed by atoms with Gasteiger partial charge in [-0.05, 0) is 13.3 Å². The van der Waals surface area contributed by atoms with E-state index in [0.29, 0.717) is 6.42 Å². The highest BCUT2D eigenvalue weighted by molar-refractivity contribution is 7.48. The predicted octanol–water partition coefficient (Wildman–Crippen LogP) is 1.41. The average Bonchev–Trinajstić information content (AvgIpc) is 2.83. The highest BCUT2D eigenvalue weighted by Gasteiger charge is 2.52. The van der Waals surface area contributed by atoms with Crippen molar-refractivity contribution in [3.8, 4) is 0 Å². The number of aromatic nitrogens is 2. The zero-order valence-electron chi connectivity index (χ0n) is 13.7. The molecule has 134 valence electrons. The summed E-state index contributed by atoms with van der Waals surface area (Å²) in [7, 11) is -3.66. The highest BCUT2D eigenvalue weighted by atomic mass is 31.2. The lowest BCUT2D eigenvalue weighted by Crippen LogP contribution is -2.37. The van der Waals surface area contributed by atoms with Crippen molar-refractivity contribution in [2.24, 2.45) is 5.92 Å². The molecule has 0 amide bonds. The molecule has 2 aliphatic heterocycles. The first-order chi connectivity index (χ1) is 11.3. The second-order valence-corrected chi connectivity index (χ2v) is 7.65. The molecule has 10 heteroatoms. The highest BCUT2D eigenvalue weighted by Crippen LogP contribution is 2.58. The van der Waals surface area contributed by atoms with Crippen LogP contribution >= 0.6 is 7.82 Å². The van der Waals surface area contributed by atoms with Crippen LogP contribution in [0.25, 0.3) is 0 Å². The second-order valence-electron chi connectivity index (χ2n) is 6.08. The van der Waals surface area contributed by atoms with Crippen LogP contribution in [0.1, 0.15) is 33.4 Å². The van der Waals surface area contributed by atoms with E-state index in [-0.39, 0.29) is 18.6 Å². The van der Waals surface area contributed by atoms with Gasteiger partial charge in [-0.15, -0.1) is 0 Å². The van der Waals surface area contributed by atoms with E-state index in [0.717, 1.165) is 0 Å². The maximum Gasteiger partial charge on any atom is 0.475 e. The van der Waals surface area contributed by atoms with Crippen LogP contribution in [0.15, 0.2) is 21.9 Å². The summed E-state index contributed by atoms with van der Waals surface area (Å²) < 4.78 is 36.0. The third kappa shape index (κ3) is 3.27. The van der Waals surface area contributed by atoms with E-state index in [2.05, 4.69) is 4.98 Å². The largest absolute Gasteiger partial charge is 0.475 e. The van der Waals surface area contributed by atoms with Gasteiger partial charge in [-0.25, -0.2) is 9.36 Å². The summed E-state index contributed by atoms with van der Waals surface area (Å²) in [4.78, 5) is 25.4. The molecule has 2 fully saturated rings. The lowest BCUT2D eigenvalue weighted by atomic mass is 10.0. The van der Waals surface area contributed by atoms with Gasteiger partial charge in [0, 0.05) is 18.2 Å². The zero-order chi connectivity index (χ0) is 17.5. The molecule has 3 heterocycles. The Morgan fingerprint density at radius 1 is 1.50 bits per heavy atom. The topological polar surface area (TPSA) is 109 Å². The molecule has 24 heavy (non-hydrogen) atoms. The fraction of sp³-hybridized carbons (Fsp3) is 0.714. The average molecular weight is 360 g/mol. The molecule has 0 aromatic carbocycles. The Morgan fingerprint density at radius 2 is 2.25 bits per heavy atom. The first-order valence-corrected chi connectivity index (χ1v) is 9.37. The number of aromatic amines is 1. The lowest BCUT2D eigenvalue weighted by Gasteiger charge is -2.32. The number of hydrogen-bond donors (Lipinski definition) is 1. The standard InChI is InChI=1S/C14H21N2O7P/c1-4-8(2)22-24(19)20-7-10-12(23-24)9(3)13(21-10)16-6-5-11(17)15-14(16)18/h5-6,8-10,12-13H,4,7H2,1-3H3,(H,15,17,18)/t8-,9+,10-,12+,13-,24?/m1/s1. The Kier molecular flexibility index (Phi) is 4.81. The molecular weight excluding hydrogens is 339 g/mol. The molecule has 0 spiro atoms. The second kappa shape index (κ2) is 6.57. The molecule has 1 aromatic rings. The number of ether oxygens (including phenoxy) is 1. The van der Waals surface area contributed by atoms with E-state index >= 15 is 0 Å². The molecule has 2 saturated heterocycles. The van der Waals surface area contributed by atoms with Crippen LogP contribution in [0.4, 0.5) is 0 Å². The minimum atomic E-state index is -3.66. The van der Waals surface area contributed by atoms with Crippen molar-refractivity contribution < 1.29 is 22.9 Å². The quantitative estimate of drug-likeness (QED) is 0.809. The smallest absolute Gasteiger partial charge is 0.349 e. The first kappa shape index (κ1) is 17.6. The molecule has 3 rings (SSSR count). The number of nitrogens with zero attached hydrogens (tertiary/aromatic N) is 1. The minimum Gasteiger partial charge on any atom is -0.349 e. The third-order valence-corrected chi connectivity index (χ3v) is 5.89. The third-order valence-electron chi connectivity index (χ3n) is 4.31. The minimum absolute atomic E-state index is 0.0529. The van der Waals surface area contributed by atoms with Gasteiger partial charge in [-0.1, -0.05) is 13.8 Å². The number of hydrogen-bond acceptors (Lipinski definition) is 7. The zero-order valence-corrected chi connectivity index (χ0v) is 14.6. The van der Waals surface area contributed by atoms with E-state index in [1.165, 1.54) is 16.8 Å². The molecule has 1 aromatic heterocycles. The van der Waals surface area contributed by atoms with Gasteiger partial charge >= 0.3 is 13.5 Å². The number of nitrogens with one attached hydrogen (secondary N) is 1. The number of phosphoric acid groups is 1. The molecule has 2 aliphatic rings. The maximum absolute atomic E-state index is 12.6. The SMILES string of the molecule is CC[C@@H](C)OP1(=O)OC[C@H]2O[C@@H](n3ccc(=O)[nH]c3=O)[C@@H](C)[C@@H]2O1. The molecule has 0 bridgehead atoms. The van der Waals surface area contributed by atoms with E-state index in [1.807, 2.05) is 13.8 Å². The molecule has 0 radical (unpaired) electrons. The van der Waals surface area contributed by atoms with E-state index in [4.69, 9.17) is 18.3 Å². The molecule has 0 saturated carbocycles. The fourth-order valence-electron chi connectivity index (χ4n) is 2.82. The molecular formula is C14H21N2O7P. The van der Waals surface area contributed by atoms with Crippen molar-refractivity contribution in [3.63, 3.8) is 0 Å². The number of phosphoric ester groups is 1. The summed E-state index contributed by atoms with van der Waals surface area (Å²) in [6.07, 6.45) is 0.136. The Balaban J connectivity index is 1.80. The Hall–Kier alpha value is -1.25. The lowest BCUT2D eigenvalue weighted by molar-refractivity contribution is -0.0756. The number of fused-ring (bicyclic) bond motifs is 1. The predicted molar refractivity (Wildman–Crippen MR) is 83.7 cm³/mol. The van der Waals surface area contributed by atoms with Gasteiger partial charge < -0.3 is 4.74 Å². The van der Waals surface area contributed by atoms with E-state index < -0.39 is 37.5 Å². The van der Waals surface area contributed by atoms with Crippen LogP contribution in [-0.4, -0.2) is 34.5 Å². The molecule has 1 N–H and O–H groups in total. The number of H-pyrrole nitrogens is 1. The summed E-state index contributed by atoms with van der Waals surface area (Å²) in [5, 5.41) is 0. The van der Waals surface area contributed by atoms with Crippen molar-refractivity contribution in [1.29, 1.82) is 0 Å². The molecule has 9 nitrogen and oxygen atoms in total. The Labute approximate surface area is 138 Å². The van der Waals surface area contributed by atoms with Crippen LogP contribution in [0.3, 0.4) is 0 Å². The van der Waals surface area contributed by atoms with Crippen LogP contribution in [0.5, 0.6) is 0 Å². The van der Waals surface area contributed by atoms with Crippen LogP contribution in [0.2, 0.25) is 0 Å². The maximum atomic E-state index is 12.6. The monoisotopic (exact) mass is 360 g/mol. The van der Waals surface area contributed by atoms with Crippen LogP contribution in [-0.2, 0) is 22.9 Å². The summed E-state index contributed by atoms with van der Waals surface area (Å²) >= 11 is 0. The van der Waals surface area contributed by atoms with Gasteiger partial charge in [-0.3, -0.25) is 27.9 Å². The Morgan fingerprint density at radius 3 is 2.92 bits per heavy atom. The van der Waals surface area contributed by atoms with Crippen molar-refractivity contribution >= 4 is 7.82 Å². The van der Waals surface area contributed by atoms with Crippen LogP contribution < -0.4 is 11.2 Å². The van der Waals surface area contributed by atoms with Gasteiger partial charge in [0.25, 0.3) is 5.56 Å². The fourth-order valence-corrected chi connectivity index (χ4v) is 4.54. The van der Waals surface area contributed by atoms with Gasteiger partial charge in [0.2, 0.25) is 0 Å². The van der Waals surface area contributed by atoms with Gasteiger partial charge in [0.15, 0.2) is 0 Å². The Bertz CT molecular complexity index is 760. The number of rotatable bonds is 4. The van der Waals surface area contributed by atoms with Crippen molar-refractivity contribution in [3.05, 3.63) is 33.1 Å². The van der Waals surface area contributed by atoms with Crippen molar-refractivity contribution in [1.82, 2.24) is 9.55 Å². The molecule has 6 atom stereocenters. The normalized spacial score (nSPS) is 37.1. The molecule has 0 aliphatic carbocycles. The van der Waals surface area contributed by atoms with Crippen molar-refractivity contribution in [2.75, 3.05) is 6.61 Å². The van der Waals surface area contributed by atoms with E-state index in [1.54, 1.807) is 6.92 Å². The summed E-state index contributed by atoms with van der Waals surface area (Å²) in [5.74, 6) is -0.281. The van der Waals surface area contributed by atoms with Gasteiger partial charge in [0.05, 0.1) is 12.7 Å². The molecule has 1 unspecified atom stereocenters. The summed E-state index contributed by atoms with van der Waals surface area (Å²) in [6.45, 7) is 5.57.